The molecule has 152 valence electrons. The molecule has 0 fully saturated rings. The first kappa shape index (κ1) is 20.8. The highest BCUT2D eigenvalue weighted by Crippen LogP contribution is 2.21. The lowest BCUT2D eigenvalue weighted by Gasteiger charge is -2.09. The molecule has 29 heavy (non-hydrogen) atoms. The van der Waals surface area contributed by atoms with E-state index in [1.54, 1.807) is 19.1 Å². The maximum absolute atomic E-state index is 13.0. The largest absolute Gasteiger partial charge is 0.344 e. The van der Waals surface area contributed by atoms with Gasteiger partial charge in [-0.15, -0.1) is 0 Å². The Labute approximate surface area is 171 Å². The predicted molar refractivity (Wildman–Crippen MR) is 115 cm³/mol. The number of nitrogens with zero attached hydrogens (tertiary/aromatic N) is 2. The van der Waals surface area contributed by atoms with Gasteiger partial charge < -0.3 is 4.57 Å². The lowest BCUT2D eigenvalue weighted by Crippen LogP contribution is -2.14. The number of aromatic nitrogens is 2. The van der Waals surface area contributed by atoms with Crippen LogP contribution in [0.1, 0.15) is 45.5 Å². The van der Waals surface area contributed by atoms with Crippen LogP contribution in [0.3, 0.4) is 0 Å². The molecule has 0 atom stereocenters. The highest BCUT2D eigenvalue weighted by molar-refractivity contribution is 7.92. The van der Waals surface area contributed by atoms with E-state index in [9.17, 15) is 13.2 Å². The summed E-state index contributed by atoms with van der Waals surface area (Å²) in [7, 11) is -1.44. The van der Waals surface area contributed by atoms with Gasteiger partial charge in [-0.3, -0.25) is 14.5 Å². The van der Waals surface area contributed by atoms with Crippen LogP contribution in [-0.4, -0.2) is 29.5 Å². The molecule has 0 unspecified atom stereocenters. The number of hydrogen-bond acceptors (Lipinski definition) is 4. The number of aryl methyl sites for hydroxylation is 2. The topological polar surface area (TPSA) is 81.1 Å². The van der Waals surface area contributed by atoms with Crippen LogP contribution >= 0.6 is 0 Å². The Bertz CT molecular complexity index is 1130. The fourth-order valence-corrected chi connectivity index (χ4v) is 3.82. The summed E-state index contributed by atoms with van der Waals surface area (Å²) in [5.41, 5.74) is 5.55. The Morgan fingerprint density at radius 3 is 2.38 bits per heavy atom. The van der Waals surface area contributed by atoms with E-state index >= 15 is 0 Å². The zero-order chi connectivity index (χ0) is 21.2. The third-order valence-electron chi connectivity index (χ3n) is 4.89. The van der Waals surface area contributed by atoms with E-state index in [0.717, 1.165) is 22.5 Å². The molecule has 6 nitrogen and oxygen atoms in total. The second-order valence-corrected chi connectivity index (χ2v) is 9.15. The molecule has 2 heterocycles. The van der Waals surface area contributed by atoms with Gasteiger partial charge in [0.15, 0.2) is 0 Å². The smallest absolute Gasteiger partial charge is 0.232 e. The van der Waals surface area contributed by atoms with Crippen molar-refractivity contribution in [2.75, 3.05) is 10.5 Å². The number of pyridine rings is 1. The highest BCUT2D eigenvalue weighted by Gasteiger charge is 2.19. The minimum Gasteiger partial charge on any atom is -0.344 e. The molecule has 0 saturated carbocycles. The SMILES string of the molecule is CCS(=O)(=O)Nc1ccc(Cc2cc(C)c(C(=O)c3ccc(C)cc3)n2C)nc1. The lowest BCUT2D eigenvalue weighted by atomic mass is 10.0. The fraction of sp³-hybridized carbons (Fsp3) is 0.273. The summed E-state index contributed by atoms with van der Waals surface area (Å²) in [6.07, 6.45) is 2.05. The van der Waals surface area contributed by atoms with Crippen molar-refractivity contribution in [3.63, 3.8) is 0 Å². The van der Waals surface area contributed by atoms with Gasteiger partial charge in [0.2, 0.25) is 15.8 Å². The van der Waals surface area contributed by atoms with Gasteiger partial charge in [0.25, 0.3) is 0 Å². The van der Waals surface area contributed by atoms with Gasteiger partial charge in [-0.2, -0.15) is 0 Å². The van der Waals surface area contributed by atoms with E-state index in [1.807, 2.05) is 55.8 Å². The summed E-state index contributed by atoms with van der Waals surface area (Å²) in [5.74, 6) is 0.00310. The van der Waals surface area contributed by atoms with Gasteiger partial charge in [0.1, 0.15) is 0 Å². The first-order valence-electron chi connectivity index (χ1n) is 9.42. The van der Waals surface area contributed by atoms with Crippen molar-refractivity contribution in [1.29, 1.82) is 0 Å². The number of nitrogens with one attached hydrogen (secondary N) is 1. The van der Waals surface area contributed by atoms with Crippen LogP contribution in [0.25, 0.3) is 0 Å². The Kier molecular flexibility index (Phi) is 5.88. The maximum Gasteiger partial charge on any atom is 0.232 e. The zero-order valence-corrected chi connectivity index (χ0v) is 17.9. The minimum atomic E-state index is -3.32. The van der Waals surface area contributed by atoms with Crippen molar-refractivity contribution in [2.45, 2.75) is 27.2 Å². The van der Waals surface area contributed by atoms with Gasteiger partial charge in [-0.05, 0) is 44.5 Å². The molecule has 0 aliphatic heterocycles. The standard InChI is InChI=1S/C22H25N3O3S/c1-5-29(27,28)24-19-11-10-18(23-14-19)13-20-12-16(3)21(25(20)4)22(26)17-8-6-15(2)7-9-17/h6-12,14,24H,5,13H2,1-4H3. The summed E-state index contributed by atoms with van der Waals surface area (Å²) >= 11 is 0. The third kappa shape index (κ3) is 4.74. The van der Waals surface area contributed by atoms with Crippen molar-refractivity contribution in [2.24, 2.45) is 7.05 Å². The lowest BCUT2D eigenvalue weighted by molar-refractivity contribution is 0.103. The van der Waals surface area contributed by atoms with Crippen LogP contribution < -0.4 is 4.72 Å². The van der Waals surface area contributed by atoms with Crippen molar-refractivity contribution in [1.82, 2.24) is 9.55 Å². The molecular formula is C22H25N3O3S. The average molecular weight is 412 g/mol. The second kappa shape index (κ2) is 8.21. The maximum atomic E-state index is 13.0. The van der Waals surface area contributed by atoms with E-state index in [-0.39, 0.29) is 11.5 Å². The molecule has 1 N–H and O–H groups in total. The Morgan fingerprint density at radius 2 is 1.79 bits per heavy atom. The molecular weight excluding hydrogens is 386 g/mol. The normalized spacial score (nSPS) is 11.4. The Hall–Kier alpha value is -2.93. The molecule has 2 aromatic heterocycles. The Morgan fingerprint density at radius 1 is 1.10 bits per heavy atom. The highest BCUT2D eigenvalue weighted by atomic mass is 32.2. The van der Waals surface area contributed by atoms with E-state index in [0.29, 0.717) is 23.4 Å². The number of carbonyl (C=O) groups excluding carboxylic acids is 1. The van der Waals surface area contributed by atoms with Crippen LogP contribution in [-0.2, 0) is 23.5 Å². The number of carbonyl (C=O) groups is 1. The third-order valence-corrected chi connectivity index (χ3v) is 6.20. The minimum absolute atomic E-state index is 0.00599. The molecule has 0 amide bonds. The van der Waals surface area contributed by atoms with Crippen molar-refractivity contribution < 1.29 is 13.2 Å². The van der Waals surface area contributed by atoms with Crippen LogP contribution in [0.5, 0.6) is 0 Å². The van der Waals surface area contributed by atoms with E-state index in [2.05, 4.69) is 9.71 Å². The summed E-state index contributed by atoms with van der Waals surface area (Å²) in [4.78, 5) is 17.3. The molecule has 7 heteroatoms. The molecule has 0 radical (unpaired) electrons. The van der Waals surface area contributed by atoms with Gasteiger partial charge in [0, 0.05) is 30.4 Å². The molecule has 0 aliphatic carbocycles. The number of hydrogen-bond donors (Lipinski definition) is 1. The van der Waals surface area contributed by atoms with Crippen LogP contribution in [0, 0.1) is 13.8 Å². The van der Waals surface area contributed by atoms with Gasteiger partial charge >= 0.3 is 0 Å². The first-order chi connectivity index (χ1) is 13.7. The number of sulfonamides is 1. The summed E-state index contributed by atoms with van der Waals surface area (Å²) in [5, 5.41) is 0. The number of benzene rings is 1. The quantitative estimate of drug-likeness (QED) is 0.602. The van der Waals surface area contributed by atoms with E-state index in [1.165, 1.54) is 6.20 Å². The molecule has 3 rings (SSSR count). The number of rotatable bonds is 7. The summed E-state index contributed by atoms with van der Waals surface area (Å²) < 4.78 is 27.7. The van der Waals surface area contributed by atoms with Crippen LogP contribution in [0.4, 0.5) is 5.69 Å². The first-order valence-corrected chi connectivity index (χ1v) is 11.1. The predicted octanol–water partition coefficient (Wildman–Crippen LogP) is 3.62. The van der Waals surface area contributed by atoms with Crippen LogP contribution in [0.15, 0.2) is 48.7 Å². The van der Waals surface area contributed by atoms with Gasteiger partial charge in [-0.1, -0.05) is 29.8 Å². The molecule has 3 aromatic rings. The van der Waals surface area contributed by atoms with Crippen molar-refractivity contribution >= 4 is 21.5 Å². The monoisotopic (exact) mass is 411 g/mol. The molecule has 0 bridgehead atoms. The van der Waals surface area contributed by atoms with E-state index < -0.39 is 10.0 Å². The molecule has 0 aliphatic rings. The van der Waals surface area contributed by atoms with Crippen LogP contribution in [0.2, 0.25) is 0 Å². The van der Waals surface area contributed by atoms with Gasteiger partial charge in [0.05, 0.1) is 23.3 Å². The average Bonchev–Trinajstić information content (AvgIpc) is 2.96. The van der Waals surface area contributed by atoms with E-state index in [4.69, 9.17) is 0 Å². The number of ketones is 1. The fourth-order valence-electron chi connectivity index (χ4n) is 3.19. The van der Waals surface area contributed by atoms with Crippen molar-refractivity contribution in [3.05, 3.63) is 82.4 Å². The number of anilines is 1. The zero-order valence-electron chi connectivity index (χ0n) is 17.1. The summed E-state index contributed by atoms with van der Waals surface area (Å²) in [6, 6.07) is 13.1. The van der Waals surface area contributed by atoms with Gasteiger partial charge in [-0.25, -0.2) is 8.42 Å². The molecule has 0 saturated heterocycles. The summed E-state index contributed by atoms with van der Waals surface area (Å²) in [6.45, 7) is 5.50. The Balaban J connectivity index is 1.81. The molecule has 1 aromatic carbocycles. The van der Waals surface area contributed by atoms with Crippen molar-refractivity contribution in [3.8, 4) is 0 Å². The second-order valence-electron chi connectivity index (χ2n) is 7.14. The molecule has 0 spiro atoms.